The van der Waals surface area contributed by atoms with Crippen molar-refractivity contribution in [1.82, 2.24) is 4.98 Å². The summed E-state index contributed by atoms with van der Waals surface area (Å²) in [6, 6.07) is 21.3. The minimum absolute atomic E-state index is 0.713. The molecule has 0 aliphatic carbocycles. The number of fused-ring (bicyclic) bond motifs is 3. The van der Waals surface area contributed by atoms with Crippen LogP contribution in [0.3, 0.4) is 0 Å². The number of quaternary nitrogens is 1. The van der Waals surface area contributed by atoms with Crippen molar-refractivity contribution >= 4 is 22.5 Å². The lowest BCUT2D eigenvalue weighted by Crippen LogP contribution is -3.11. The van der Waals surface area contributed by atoms with E-state index in [-0.39, 0.29) is 0 Å². The molecule has 0 aliphatic heterocycles. The summed E-state index contributed by atoms with van der Waals surface area (Å²) >= 11 is 0. The van der Waals surface area contributed by atoms with Gasteiger partial charge in [0.2, 0.25) is 11.5 Å². The molecule has 0 fully saturated rings. The number of nitrogens with zero attached hydrogens (tertiary/aromatic N) is 2. The Kier molecular flexibility index (Phi) is 6.72. The predicted octanol–water partition coefficient (Wildman–Crippen LogP) is 3.40. The molecule has 5 heteroatoms. The average Bonchev–Trinajstić information content (AvgIpc) is 3.21. The minimum Gasteiger partial charge on any atom is -0.335 e. The van der Waals surface area contributed by atoms with E-state index < -0.39 is 0 Å². The highest BCUT2D eigenvalue weighted by Crippen LogP contribution is 2.27. The predicted molar refractivity (Wildman–Crippen MR) is 130 cm³/mol. The Morgan fingerprint density at radius 1 is 1.03 bits per heavy atom. The number of hydrogen-bond acceptors (Lipinski definition) is 2. The Labute approximate surface area is 190 Å². The molecule has 32 heavy (non-hydrogen) atoms. The zero-order chi connectivity index (χ0) is 22.5. The molecule has 0 amide bonds. The summed E-state index contributed by atoms with van der Waals surface area (Å²) in [5, 5.41) is 13.8. The van der Waals surface area contributed by atoms with E-state index >= 15 is 0 Å². The van der Waals surface area contributed by atoms with Crippen LogP contribution >= 0.6 is 0 Å². The van der Waals surface area contributed by atoms with Crippen LogP contribution in [0.25, 0.3) is 16.7 Å². The third-order valence-corrected chi connectivity index (χ3v) is 6.53. The fourth-order valence-corrected chi connectivity index (χ4v) is 4.61. The van der Waals surface area contributed by atoms with Crippen LogP contribution < -0.4 is 14.6 Å². The highest BCUT2D eigenvalue weighted by Gasteiger charge is 2.25. The van der Waals surface area contributed by atoms with Crippen molar-refractivity contribution in [2.75, 3.05) is 31.5 Å². The topological polar surface area (TPSA) is 60.1 Å². The SMILES string of the molecule is CC[NH+](CC)CCCNc1c(Cc2ccccc2)c(C)c(C#N)c2[nH]c3ccccc3[n+]12. The van der Waals surface area contributed by atoms with Gasteiger partial charge in [-0.15, -0.1) is 0 Å². The van der Waals surface area contributed by atoms with Crippen LogP contribution in [-0.2, 0) is 6.42 Å². The molecule has 0 saturated heterocycles. The first-order valence-electron chi connectivity index (χ1n) is 11.7. The van der Waals surface area contributed by atoms with Crippen molar-refractivity contribution in [3.8, 4) is 6.07 Å². The van der Waals surface area contributed by atoms with Crippen molar-refractivity contribution in [1.29, 1.82) is 5.26 Å². The van der Waals surface area contributed by atoms with Crippen molar-refractivity contribution in [2.24, 2.45) is 0 Å². The van der Waals surface area contributed by atoms with Gasteiger partial charge < -0.3 is 10.2 Å². The van der Waals surface area contributed by atoms with Gasteiger partial charge in [0.05, 0.1) is 26.2 Å². The quantitative estimate of drug-likeness (QED) is 0.283. The molecule has 0 atom stereocenters. The maximum Gasteiger partial charge on any atom is 0.250 e. The Balaban J connectivity index is 1.83. The van der Waals surface area contributed by atoms with Gasteiger partial charge in [0.1, 0.15) is 22.7 Å². The fourth-order valence-electron chi connectivity index (χ4n) is 4.61. The van der Waals surface area contributed by atoms with Crippen LogP contribution in [-0.4, -0.2) is 31.2 Å². The second-order valence-corrected chi connectivity index (χ2v) is 8.41. The summed E-state index contributed by atoms with van der Waals surface area (Å²) in [5.41, 5.74) is 7.17. The summed E-state index contributed by atoms with van der Waals surface area (Å²) in [6.07, 6.45) is 1.89. The number of anilines is 1. The molecular formula is C27H33N5+2. The zero-order valence-corrected chi connectivity index (χ0v) is 19.3. The number of aromatic amines is 1. The van der Waals surface area contributed by atoms with Gasteiger partial charge in [0.15, 0.2) is 0 Å². The van der Waals surface area contributed by atoms with E-state index in [0.717, 1.165) is 67.1 Å². The van der Waals surface area contributed by atoms with Gasteiger partial charge in [-0.3, -0.25) is 4.98 Å². The van der Waals surface area contributed by atoms with E-state index in [1.807, 2.05) is 12.1 Å². The largest absolute Gasteiger partial charge is 0.335 e. The normalized spacial score (nSPS) is 11.3. The summed E-state index contributed by atoms with van der Waals surface area (Å²) in [5.74, 6) is 1.09. The lowest BCUT2D eigenvalue weighted by molar-refractivity contribution is -0.896. The molecule has 164 valence electrons. The molecule has 4 rings (SSSR count). The molecule has 2 heterocycles. The van der Waals surface area contributed by atoms with E-state index in [2.05, 4.69) is 84.0 Å². The lowest BCUT2D eigenvalue weighted by atomic mass is 9.97. The summed E-state index contributed by atoms with van der Waals surface area (Å²) in [7, 11) is 0. The lowest BCUT2D eigenvalue weighted by Gasteiger charge is -2.16. The summed E-state index contributed by atoms with van der Waals surface area (Å²) in [4.78, 5) is 5.12. The van der Waals surface area contributed by atoms with E-state index in [9.17, 15) is 5.26 Å². The van der Waals surface area contributed by atoms with Crippen LogP contribution in [0.5, 0.6) is 0 Å². The van der Waals surface area contributed by atoms with Gasteiger partial charge in [-0.05, 0) is 44.0 Å². The van der Waals surface area contributed by atoms with Crippen molar-refractivity contribution in [3.05, 3.63) is 76.9 Å². The Hall–Kier alpha value is -3.36. The Morgan fingerprint density at radius 2 is 1.75 bits per heavy atom. The third-order valence-electron chi connectivity index (χ3n) is 6.53. The summed E-state index contributed by atoms with van der Waals surface area (Å²) in [6.45, 7) is 11.0. The number of rotatable bonds is 9. The van der Waals surface area contributed by atoms with Crippen molar-refractivity contribution < 1.29 is 9.30 Å². The molecule has 3 N–H and O–H groups in total. The van der Waals surface area contributed by atoms with Crippen LogP contribution in [0.15, 0.2) is 54.6 Å². The van der Waals surface area contributed by atoms with Crippen molar-refractivity contribution in [3.63, 3.8) is 0 Å². The molecule has 0 saturated carbocycles. The number of pyridine rings is 1. The third kappa shape index (κ3) is 4.19. The van der Waals surface area contributed by atoms with Crippen LogP contribution in [0.1, 0.15) is 42.5 Å². The van der Waals surface area contributed by atoms with Crippen LogP contribution in [0.4, 0.5) is 5.82 Å². The molecule has 5 nitrogen and oxygen atoms in total. The van der Waals surface area contributed by atoms with Crippen LogP contribution in [0.2, 0.25) is 0 Å². The smallest absolute Gasteiger partial charge is 0.250 e. The van der Waals surface area contributed by atoms with E-state index in [1.54, 1.807) is 4.90 Å². The summed E-state index contributed by atoms with van der Waals surface area (Å²) < 4.78 is 2.21. The number of nitrogens with one attached hydrogen (secondary N) is 3. The van der Waals surface area contributed by atoms with Gasteiger partial charge in [-0.1, -0.05) is 42.5 Å². The molecule has 0 aliphatic rings. The molecule has 2 aromatic heterocycles. The number of hydrogen-bond donors (Lipinski definition) is 3. The van der Waals surface area contributed by atoms with Gasteiger partial charge in [0, 0.05) is 18.4 Å². The maximum absolute atomic E-state index is 10.0. The highest BCUT2D eigenvalue weighted by molar-refractivity contribution is 5.78. The number of benzene rings is 2. The average molecular weight is 428 g/mol. The van der Waals surface area contributed by atoms with Gasteiger partial charge in [-0.2, -0.15) is 9.66 Å². The Morgan fingerprint density at radius 3 is 2.47 bits per heavy atom. The second-order valence-electron chi connectivity index (χ2n) is 8.41. The number of nitriles is 1. The number of imidazole rings is 1. The van der Waals surface area contributed by atoms with Crippen LogP contribution in [0, 0.1) is 18.3 Å². The molecule has 0 radical (unpaired) electrons. The first kappa shape index (κ1) is 21.9. The monoisotopic (exact) mass is 427 g/mol. The van der Waals surface area contributed by atoms with Crippen molar-refractivity contribution in [2.45, 2.75) is 33.6 Å². The molecule has 0 unspecified atom stereocenters. The fraction of sp³-hybridized carbons (Fsp3) is 0.333. The van der Waals surface area contributed by atoms with Gasteiger partial charge >= 0.3 is 0 Å². The van der Waals surface area contributed by atoms with Gasteiger partial charge in [-0.25, -0.2) is 0 Å². The molecule has 4 aromatic rings. The molecular weight excluding hydrogens is 394 g/mol. The number of para-hydroxylation sites is 2. The van der Waals surface area contributed by atoms with E-state index in [1.165, 1.54) is 11.1 Å². The molecule has 0 bridgehead atoms. The molecule has 0 spiro atoms. The van der Waals surface area contributed by atoms with E-state index in [0.29, 0.717) is 5.56 Å². The second kappa shape index (κ2) is 9.84. The first-order valence-corrected chi connectivity index (χ1v) is 11.7. The first-order chi connectivity index (χ1) is 15.7. The van der Waals surface area contributed by atoms with E-state index in [4.69, 9.17) is 0 Å². The minimum atomic E-state index is 0.713. The zero-order valence-electron chi connectivity index (χ0n) is 19.3. The molecule has 2 aromatic carbocycles. The Bertz CT molecular complexity index is 1250. The maximum atomic E-state index is 10.0. The number of H-pyrrole nitrogens is 1. The number of aromatic nitrogens is 2. The highest BCUT2D eigenvalue weighted by atomic mass is 15.1. The standard InChI is InChI=1S/C27H31N5/c1-4-31(5-2)17-11-16-29-26-22(18-21-12-7-6-8-13-21)20(3)23(19-28)27-30-24-14-9-10-15-25(24)32(26)27/h6-10,12-15H,4-5,11,16-18H2,1-3H3,(H,29,30)/p+2. The van der Waals surface area contributed by atoms with Gasteiger partial charge in [0.25, 0.3) is 0 Å².